The van der Waals surface area contributed by atoms with Crippen molar-refractivity contribution < 1.29 is 24.2 Å². The average Bonchev–Trinajstić information content (AvgIpc) is 2.59. The van der Waals surface area contributed by atoms with E-state index in [1.807, 2.05) is 30.3 Å². The van der Waals surface area contributed by atoms with E-state index in [4.69, 9.17) is 9.47 Å². The molecule has 0 aliphatic heterocycles. The highest BCUT2D eigenvalue weighted by molar-refractivity contribution is 9.10. The molecule has 0 bridgehead atoms. The molecule has 0 fully saturated rings. The molecule has 0 saturated heterocycles. The molecule has 2 aromatic rings. The minimum atomic E-state index is -1.20. The summed E-state index contributed by atoms with van der Waals surface area (Å²) < 4.78 is 11.4. The number of carboxylic acids is 1. The van der Waals surface area contributed by atoms with Crippen molar-refractivity contribution in [2.75, 3.05) is 6.61 Å². The Hall–Kier alpha value is -2.61. The van der Waals surface area contributed by atoms with Crippen LogP contribution in [0.5, 0.6) is 5.75 Å². The average molecular weight is 451 g/mol. The van der Waals surface area contributed by atoms with Crippen molar-refractivity contribution in [2.45, 2.75) is 38.8 Å². The molecule has 7 nitrogen and oxygen atoms in total. The number of alkyl carbamates (subject to hydrolysis) is 1. The summed E-state index contributed by atoms with van der Waals surface area (Å²) >= 11 is 3.15. The predicted octanol–water partition coefficient (Wildman–Crippen LogP) is 4.06. The molecule has 150 valence electrons. The topological polar surface area (TPSA) is 97.8 Å². The smallest absolute Gasteiger partial charge is 0.408 e. The van der Waals surface area contributed by atoms with E-state index in [1.54, 1.807) is 26.8 Å². The van der Waals surface area contributed by atoms with Crippen LogP contribution in [0.25, 0.3) is 0 Å². The van der Waals surface area contributed by atoms with Crippen LogP contribution in [0, 0.1) is 0 Å². The van der Waals surface area contributed by atoms with Gasteiger partial charge in [0.05, 0.1) is 6.04 Å². The molecule has 0 aliphatic carbocycles. The Labute approximate surface area is 172 Å². The van der Waals surface area contributed by atoms with Gasteiger partial charge in [-0.2, -0.15) is 0 Å². The maximum Gasteiger partial charge on any atom is 0.408 e. The van der Waals surface area contributed by atoms with E-state index in [0.717, 1.165) is 5.56 Å². The van der Waals surface area contributed by atoms with Crippen molar-refractivity contribution in [2.24, 2.45) is 0 Å². The number of carboxylic acid groups (broad SMARTS) is 1. The summed E-state index contributed by atoms with van der Waals surface area (Å²) in [5, 5.41) is 12.1. The fourth-order valence-electron chi connectivity index (χ4n) is 2.41. The number of benzene rings is 1. The molecule has 0 saturated carbocycles. The third kappa shape index (κ3) is 7.19. The SMILES string of the molecule is CC(C)(C)OC(=O)N[C@@H](COc1ccc(Br)nc1C(=O)O)Cc1ccccc1. The summed E-state index contributed by atoms with van der Waals surface area (Å²) in [5.41, 5.74) is 0.165. The zero-order chi connectivity index (χ0) is 20.7. The number of carbonyl (C=O) groups is 2. The van der Waals surface area contributed by atoms with E-state index in [9.17, 15) is 14.7 Å². The van der Waals surface area contributed by atoms with Crippen LogP contribution in [0.2, 0.25) is 0 Å². The van der Waals surface area contributed by atoms with Crippen molar-refractivity contribution in [3.63, 3.8) is 0 Å². The van der Waals surface area contributed by atoms with Crippen LogP contribution in [0.15, 0.2) is 47.1 Å². The van der Waals surface area contributed by atoms with Gasteiger partial charge in [-0.15, -0.1) is 0 Å². The molecule has 0 radical (unpaired) electrons. The third-order valence-electron chi connectivity index (χ3n) is 3.51. The van der Waals surface area contributed by atoms with Gasteiger partial charge in [0.15, 0.2) is 11.4 Å². The molecule has 1 amide bonds. The van der Waals surface area contributed by atoms with Crippen LogP contribution < -0.4 is 10.1 Å². The third-order valence-corrected chi connectivity index (χ3v) is 3.95. The number of ether oxygens (including phenoxy) is 2. The maximum absolute atomic E-state index is 12.2. The lowest BCUT2D eigenvalue weighted by atomic mass is 10.1. The first-order chi connectivity index (χ1) is 13.1. The monoisotopic (exact) mass is 450 g/mol. The number of amides is 1. The van der Waals surface area contributed by atoms with Gasteiger partial charge in [0, 0.05) is 0 Å². The summed E-state index contributed by atoms with van der Waals surface area (Å²) in [7, 11) is 0. The number of carbonyl (C=O) groups excluding carboxylic acids is 1. The van der Waals surface area contributed by atoms with Gasteiger partial charge < -0.3 is 19.9 Å². The minimum absolute atomic E-state index is 0.0533. The van der Waals surface area contributed by atoms with Crippen LogP contribution >= 0.6 is 15.9 Å². The second-order valence-electron chi connectivity index (χ2n) is 7.13. The van der Waals surface area contributed by atoms with Crippen molar-refractivity contribution >= 4 is 28.0 Å². The van der Waals surface area contributed by atoms with E-state index in [-0.39, 0.29) is 18.1 Å². The maximum atomic E-state index is 12.2. The Balaban J connectivity index is 2.13. The van der Waals surface area contributed by atoms with E-state index >= 15 is 0 Å². The second-order valence-corrected chi connectivity index (χ2v) is 7.94. The molecule has 1 aromatic heterocycles. The molecule has 0 spiro atoms. The molecule has 8 heteroatoms. The van der Waals surface area contributed by atoms with Crippen molar-refractivity contribution in [3.05, 3.63) is 58.3 Å². The first-order valence-electron chi connectivity index (χ1n) is 8.70. The van der Waals surface area contributed by atoms with Gasteiger partial charge >= 0.3 is 12.1 Å². The number of pyridine rings is 1. The zero-order valence-electron chi connectivity index (χ0n) is 15.9. The fraction of sp³-hybridized carbons (Fsp3) is 0.350. The number of aromatic carboxylic acids is 1. The highest BCUT2D eigenvalue weighted by Crippen LogP contribution is 2.20. The van der Waals surface area contributed by atoms with Gasteiger partial charge in [-0.1, -0.05) is 30.3 Å². The number of hydrogen-bond donors (Lipinski definition) is 2. The second kappa shape index (κ2) is 9.54. The Kier molecular flexibility index (Phi) is 7.39. The highest BCUT2D eigenvalue weighted by Gasteiger charge is 2.21. The van der Waals surface area contributed by atoms with Crippen LogP contribution in [-0.2, 0) is 11.2 Å². The molecule has 0 unspecified atom stereocenters. The van der Waals surface area contributed by atoms with Gasteiger partial charge in [-0.05, 0) is 60.8 Å². The number of nitrogens with zero attached hydrogens (tertiary/aromatic N) is 1. The Morgan fingerprint density at radius 3 is 2.46 bits per heavy atom. The first kappa shape index (κ1) is 21.7. The van der Waals surface area contributed by atoms with E-state index in [2.05, 4.69) is 26.2 Å². The molecule has 0 aliphatic rings. The van der Waals surface area contributed by atoms with Crippen LogP contribution in [0.3, 0.4) is 0 Å². The van der Waals surface area contributed by atoms with Crippen molar-refractivity contribution in [1.82, 2.24) is 10.3 Å². The predicted molar refractivity (Wildman–Crippen MR) is 108 cm³/mol. The molecule has 1 aromatic carbocycles. The normalized spacial score (nSPS) is 12.1. The van der Waals surface area contributed by atoms with Gasteiger partial charge in [0.2, 0.25) is 0 Å². The highest BCUT2D eigenvalue weighted by atomic mass is 79.9. The quantitative estimate of drug-likeness (QED) is 0.617. The lowest BCUT2D eigenvalue weighted by Gasteiger charge is -2.24. The number of nitrogens with one attached hydrogen (secondary N) is 1. The summed E-state index contributed by atoms with van der Waals surface area (Å²) in [6.07, 6.45) is -0.0728. The Morgan fingerprint density at radius 1 is 1.18 bits per heavy atom. The first-order valence-corrected chi connectivity index (χ1v) is 9.49. The molecule has 2 N–H and O–H groups in total. The molecule has 1 heterocycles. The lowest BCUT2D eigenvalue weighted by Crippen LogP contribution is -2.43. The van der Waals surface area contributed by atoms with Crippen LogP contribution in [0.1, 0.15) is 36.8 Å². The minimum Gasteiger partial charge on any atom is -0.489 e. The molecular weight excluding hydrogens is 428 g/mol. The van der Waals surface area contributed by atoms with Crippen molar-refractivity contribution in [3.8, 4) is 5.75 Å². The van der Waals surface area contributed by atoms with Crippen molar-refractivity contribution in [1.29, 1.82) is 0 Å². The number of halogens is 1. The number of aromatic nitrogens is 1. The number of rotatable bonds is 7. The van der Waals surface area contributed by atoms with Gasteiger partial charge in [-0.3, -0.25) is 0 Å². The molecule has 2 rings (SSSR count). The molecular formula is C20H23BrN2O5. The zero-order valence-corrected chi connectivity index (χ0v) is 17.5. The van der Waals surface area contributed by atoms with Crippen LogP contribution in [0.4, 0.5) is 4.79 Å². The lowest BCUT2D eigenvalue weighted by molar-refractivity contribution is 0.0485. The summed E-state index contributed by atoms with van der Waals surface area (Å²) in [4.78, 5) is 27.5. The van der Waals surface area contributed by atoms with Gasteiger partial charge in [-0.25, -0.2) is 14.6 Å². The number of hydrogen-bond acceptors (Lipinski definition) is 5. The van der Waals surface area contributed by atoms with E-state index < -0.39 is 23.7 Å². The fourth-order valence-corrected chi connectivity index (χ4v) is 2.72. The summed E-state index contributed by atoms with van der Waals surface area (Å²) in [5.74, 6) is -1.07. The molecule has 28 heavy (non-hydrogen) atoms. The summed E-state index contributed by atoms with van der Waals surface area (Å²) in [6.45, 7) is 5.39. The largest absolute Gasteiger partial charge is 0.489 e. The Morgan fingerprint density at radius 2 is 1.86 bits per heavy atom. The summed E-state index contributed by atoms with van der Waals surface area (Å²) in [6, 6.07) is 12.3. The van der Waals surface area contributed by atoms with Crippen LogP contribution in [-0.4, -0.2) is 40.4 Å². The van der Waals surface area contributed by atoms with Gasteiger partial charge in [0.1, 0.15) is 16.8 Å². The Bertz CT molecular complexity index is 821. The van der Waals surface area contributed by atoms with E-state index in [1.165, 1.54) is 6.07 Å². The van der Waals surface area contributed by atoms with Gasteiger partial charge in [0.25, 0.3) is 0 Å². The molecule has 1 atom stereocenters. The van der Waals surface area contributed by atoms with E-state index in [0.29, 0.717) is 11.0 Å². The standard InChI is InChI=1S/C20H23BrN2O5/c1-20(2,3)28-19(26)22-14(11-13-7-5-4-6-8-13)12-27-15-9-10-16(21)23-17(15)18(24)25/h4-10,14H,11-12H2,1-3H3,(H,22,26)(H,24,25)/t14-/m1/s1.